The maximum atomic E-state index is 6.08. The minimum absolute atomic E-state index is 0.662. The number of hydrogen-bond donors (Lipinski definition) is 0. The molecule has 112 valence electrons. The first kappa shape index (κ1) is 17.5. The molecular formula is C17H25Cl2N. The van der Waals surface area contributed by atoms with Crippen LogP contribution in [-0.2, 0) is 0 Å². The van der Waals surface area contributed by atoms with Crippen molar-refractivity contribution < 1.29 is 0 Å². The van der Waals surface area contributed by atoms with Crippen molar-refractivity contribution >= 4 is 29.4 Å². The second kappa shape index (κ2) is 11.2. The molecule has 0 amide bonds. The maximum Gasteiger partial charge on any atom is 0.0508 e. The highest BCUT2D eigenvalue weighted by atomic mass is 35.5. The summed E-state index contributed by atoms with van der Waals surface area (Å²) in [5.74, 6) is 0. The summed E-state index contributed by atoms with van der Waals surface area (Å²) in [6.45, 7) is 3.14. The Balaban J connectivity index is 2.07. The Bertz CT molecular complexity index is 402. The molecule has 0 aromatic heterocycles. The molecule has 0 bridgehead atoms. The van der Waals surface area contributed by atoms with Crippen molar-refractivity contribution in [3.8, 4) is 0 Å². The predicted molar refractivity (Wildman–Crippen MR) is 91.5 cm³/mol. The summed E-state index contributed by atoms with van der Waals surface area (Å²) >= 11 is 11.9. The normalized spacial score (nSPS) is 11.3. The van der Waals surface area contributed by atoms with Gasteiger partial charge in [0.25, 0.3) is 0 Å². The molecule has 1 nitrogen and oxygen atoms in total. The predicted octanol–water partition coefficient (Wildman–Crippen LogP) is 6.55. The van der Waals surface area contributed by atoms with Crippen LogP contribution in [0.25, 0.3) is 0 Å². The van der Waals surface area contributed by atoms with Crippen molar-refractivity contribution in [1.82, 2.24) is 0 Å². The average Bonchev–Trinajstić information content (AvgIpc) is 2.43. The van der Waals surface area contributed by atoms with Crippen molar-refractivity contribution in [2.45, 2.75) is 58.3 Å². The molecule has 0 saturated carbocycles. The van der Waals surface area contributed by atoms with Crippen LogP contribution in [0.15, 0.2) is 23.2 Å². The van der Waals surface area contributed by atoms with E-state index in [1.165, 1.54) is 44.9 Å². The number of aliphatic imine (C=N–C) groups is 1. The van der Waals surface area contributed by atoms with Crippen LogP contribution in [0.1, 0.15) is 63.9 Å². The number of benzene rings is 1. The fraction of sp³-hybridized carbons (Fsp3) is 0.588. The highest BCUT2D eigenvalue weighted by molar-refractivity contribution is 6.36. The van der Waals surface area contributed by atoms with Gasteiger partial charge >= 0.3 is 0 Å². The van der Waals surface area contributed by atoms with E-state index in [4.69, 9.17) is 23.2 Å². The summed E-state index contributed by atoms with van der Waals surface area (Å²) in [5.41, 5.74) is 0.940. The highest BCUT2D eigenvalue weighted by Gasteiger charge is 1.97. The monoisotopic (exact) mass is 313 g/mol. The molecule has 0 heterocycles. The van der Waals surface area contributed by atoms with Crippen LogP contribution < -0.4 is 0 Å². The third-order valence-corrected chi connectivity index (χ3v) is 3.90. The quantitative estimate of drug-likeness (QED) is 0.343. The number of nitrogens with zero attached hydrogens (tertiary/aromatic N) is 1. The Morgan fingerprint density at radius 2 is 1.60 bits per heavy atom. The Morgan fingerprint density at radius 3 is 2.25 bits per heavy atom. The summed E-state index contributed by atoms with van der Waals surface area (Å²) in [6, 6.07) is 5.49. The van der Waals surface area contributed by atoms with Gasteiger partial charge in [0.05, 0.1) is 5.02 Å². The van der Waals surface area contributed by atoms with Crippen molar-refractivity contribution in [2.75, 3.05) is 6.54 Å². The number of halogens is 2. The molecule has 20 heavy (non-hydrogen) atoms. The summed E-state index contributed by atoms with van der Waals surface area (Å²) in [5, 5.41) is 1.33. The smallest absolute Gasteiger partial charge is 0.0508 e. The number of rotatable bonds is 10. The molecule has 0 unspecified atom stereocenters. The van der Waals surface area contributed by atoms with Crippen molar-refractivity contribution in [1.29, 1.82) is 0 Å². The van der Waals surface area contributed by atoms with E-state index < -0.39 is 0 Å². The van der Waals surface area contributed by atoms with Gasteiger partial charge < -0.3 is 0 Å². The zero-order chi connectivity index (χ0) is 14.6. The van der Waals surface area contributed by atoms with Crippen LogP contribution in [-0.4, -0.2) is 12.8 Å². The molecule has 0 aliphatic heterocycles. The first-order chi connectivity index (χ1) is 9.74. The molecule has 0 aliphatic carbocycles. The second-order valence-corrected chi connectivity index (χ2v) is 6.02. The Hall–Kier alpha value is -0.530. The molecular weight excluding hydrogens is 289 g/mol. The van der Waals surface area contributed by atoms with Crippen molar-refractivity contribution in [2.24, 2.45) is 4.99 Å². The van der Waals surface area contributed by atoms with E-state index in [1.54, 1.807) is 6.07 Å². The lowest BCUT2D eigenvalue weighted by atomic mass is 10.1. The topological polar surface area (TPSA) is 12.4 Å². The van der Waals surface area contributed by atoms with Gasteiger partial charge in [-0.05, 0) is 18.6 Å². The summed E-state index contributed by atoms with van der Waals surface area (Å²) in [7, 11) is 0. The first-order valence-electron chi connectivity index (χ1n) is 7.69. The summed E-state index contributed by atoms with van der Waals surface area (Å²) in [6.07, 6.45) is 12.5. The third kappa shape index (κ3) is 7.91. The Labute approximate surface area is 133 Å². The number of unbranched alkanes of at least 4 members (excludes halogenated alkanes) is 7. The number of hydrogen-bond acceptors (Lipinski definition) is 1. The third-order valence-electron chi connectivity index (χ3n) is 3.33. The van der Waals surface area contributed by atoms with Crippen molar-refractivity contribution in [3.05, 3.63) is 33.8 Å². The van der Waals surface area contributed by atoms with E-state index >= 15 is 0 Å². The fourth-order valence-electron chi connectivity index (χ4n) is 2.11. The van der Waals surface area contributed by atoms with E-state index in [0.717, 1.165) is 18.5 Å². The molecule has 1 rings (SSSR count). The van der Waals surface area contributed by atoms with E-state index in [9.17, 15) is 0 Å². The average molecular weight is 314 g/mol. The van der Waals surface area contributed by atoms with E-state index in [1.807, 2.05) is 18.3 Å². The molecule has 1 aromatic rings. The van der Waals surface area contributed by atoms with Crippen LogP contribution in [0.5, 0.6) is 0 Å². The van der Waals surface area contributed by atoms with Crippen molar-refractivity contribution in [3.63, 3.8) is 0 Å². The Kier molecular flexibility index (Phi) is 9.78. The molecule has 3 heteroatoms. The van der Waals surface area contributed by atoms with Gasteiger partial charge in [0.2, 0.25) is 0 Å². The second-order valence-electron chi connectivity index (χ2n) is 5.18. The molecule has 0 spiro atoms. The van der Waals surface area contributed by atoms with Gasteiger partial charge in [-0.2, -0.15) is 0 Å². The van der Waals surface area contributed by atoms with Gasteiger partial charge in [-0.1, -0.05) is 81.1 Å². The lowest BCUT2D eigenvalue weighted by molar-refractivity contribution is 0.578. The van der Waals surface area contributed by atoms with Crippen LogP contribution in [0.2, 0.25) is 10.0 Å². The largest absolute Gasteiger partial charge is 0.293 e. The van der Waals surface area contributed by atoms with E-state index in [0.29, 0.717) is 10.0 Å². The summed E-state index contributed by atoms with van der Waals surface area (Å²) < 4.78 is 0. The van der Waals surface area contributed by atoms with Gasteiger partial charge in [-0.3, -0.25) is 4.99 Å². The van der Waals surface area contributed by atoms with Gasteiger partial charge in [0, 0.05) is 23.3 Å². The molecule has 0 radical (unpaired) electrons. The van der Waals surface area contributed by atoms with Gasteiger partial charge in [0.15, 0.2) is 0 Å². The zero-order valence-electron chi connectivity index (χ0n) is 12.4. The van der Waals surface area contributed by atoms with Crippen LogP contribution >= 0.6 is 23.2 Å². The lowest BCUT2D eigenvalue weighted by Crippen LogP contribution is -1.87. The fourth-order valence-corrected chi connectivity index (χ4v) is 2.56. The zero-order valence-corrected chi connectivity index (χ0v) is 13.9. The molecule has 1 aromatic carbocycles. The maximum absolute atomic E-state index is 6.08. The van der Waals surface area contributed by atoms with Gasteiger partial charge in [-0.25, -0.2) is 0 Å². The Morgan fingerprint density at radius 1 is 0.950 bits per heavy atom. The molecule has 0 aliphatic rings. The summed E-state index contributed by atoms with van der Waals surface area (Å²) in [4.78, 5) is 4.43. The molecule has 0 atom stereocenters. The van der Waals surface area contributed by atoms with Gasteiger partial charge in [0.1, 0.15) is 0 Å². The molecule has 0 saturated heterocycles. The van der Waals surface area contributed by atoms with Crippen LogP contribution in [0.3, 0.4) is 0 Å². The van der Waals surface area contributed by atoms with Crippen LogP contribution in [0.4, 0.5) is 0 Å². The van der Waals surface area contributed by atoms with E-state index in [2.05, 4.69) is 11.9 Å². The lowest BCUT2D eigenvalue weighted by Gasteiger charge is -2.00. The highest BCUT2D eigenvalue weighted by Crippen LogP contribution is 2.19. The minimum atomic E-state index is 0.662. The standard InChI is InChI=1S/C17H25Cl2N/c1-2-3-4-5-6-7-8-9-12-20-14-15-10-11-16(18)13-17(15)19/h10-11,13-14H,2-9,12H2,1H3. The SMILES string of the molecule is CCCCCCCCCCN=Cc1ccc(Cl)cc1Cl. The minimum Gasteiger partial charge on any atom is -0.293 e. The first-order valence-corrected chi connectivity index (χ1v) is 8.44. The van der Waals surface area contributed by atoms with E-state index in [-0.39, 0.29) is 0 Å². The van der Waals surface area contributed by atoms with Crippen LogP contribution in [0, 0.1) is 0 Å². The molecule has 0 fully saturated rings. The van der Waals surface area contributed by atoms with Gasteiger partial charge in [-0.15, -0.1) is 0 Å². The molecule has 0 N–H and O–H groups in total.